The second-order valence-corrected chi connectivity index (χ2v) is 5.65. The highest BCUT2D eigenvalue weighted by molar-refractivity contribution is 7.99. The first kappa shape index (κ1) is 13.4. The van der Waals surface area contributed by atoms with E-state index in [1.165, 1.54) is 5.56 Å². The zero-order valence-electron chi connectivity index (χ0n) is 11.0. The molecule has 1 fully saturated rings. The van der Waals surface area contributed by atoms with Gasteiger partial charge in [0, 0.05) is 30.3 Å². The van der Waals surface area contributed by atoms with Crippen molar-refractivity contribution < 1.29 is 4.79 Å². The third-order valence-corrected chi connectivity index (χ3v) is 4.21. The van der Waals surface area contributed by atoms with Gasteiger partial charge in [-0.25, -0.2) is 0 Å². The van der Waals surface area contributed by atoms with Crippen molar-refractivity contribution >= 4 is 23.4 Å². The van der Waals surface area contributed by atoms with E-state index in [2.05, 4.69) is 12.2 Å². The third-order valence-electron chi connectivity index (χ3n) is 3.15. The Hall–Kier alpha value is -1.00. The van der Waals surface area contributed by atoms with Gasteiger partial charge in [-0.2, -0.15) is 11.8 Å². The number of carbonyl (C=O) groups excluding carboxylic acids is 1. The first-order valence-electron chi connectivity index (χ1n) is 6.41. The van der Waals surface area contributed by atoms with E-state index in [-0.39, 0.29) is 11.9 Å². The van der Waals surface area contributed by atoms with Crippen molar-refractivity contribution in [3.63, 3.8) is 0 Å². The molecule has 2 rings (SSSR count). The molecule has 0 saturated carbocycles. The fourth-order valence-corrected chi connectivity index (χ4v) is 3.03. The van der Waals surface area contributed by atoms with Crippen molar-refractivity contribution in [2.75, 3.05) is 29.5 Å². The van der Waals surface area contributed by atoms with Crippen LogP contribution in [-0.4, -0.2) is 36.5 Å². The molecule has 0 aliphatic carbocycles. The molecule has 3 nitrogen and oxygen atoms in total. The number of anilines is 1. The number of amides is 1. The van der Waals surface area contributed by atoms with Gasteiger partial charge in [0.15, 0.2) is 0 Å². The molecule has 18 heavy (non-hydrogen) atoms. The minimum atomic E-state index is -0.0370. The lowest BCUT2D eigenvalue weighted by Crippen LogP contribution is -2.50. The summed E-state index contributed by atoms with van der Waals surface area (Å²) in [4.78, 5) is 14.3. The van der Waals surface area contributed by atoms with E-state index in [0.29, 0.717) is 6.54 Å². The average molecular weight is 264 g/mol. The quantitative estimate of drug-likeness (QED) is 0.907. The third kappa shape index (κ3) is 3.06. The van der Waals surface area contributed by atoms with E-state index < -0.39 is 0 Å². The number of hydrogen-bond acceptors (Lipinski definition) is 3. The Morgan fingerprint density at radius 1 is 1.44 bits per heavy atom. The molecule has 1 amide bonds. The highest BCUT2D eigenvalue weighted by Gasteiger charge is 2.25. The second-order valence-electron chi connectivity index (χ2n) is 4.50. The Morgan fingerprint density at radius 3 is 2.72 bits per heavy atom. The summed E-state index contributed by atoms with van der Waals surface area (Å²) in [5.74, 6) is 2.16. The molecule has 0 spiro atoms. The Labute approximate surface area is 113 Å². The standard InChI is InChI=1S/C14H20N2OS/c1-3-16(12-6-4-11(2)5-7-12)14(17)13-10-18-9-8-15-13/h4-7,13,15H,3,8-10H2,1-2H3. The van der Waals surface area contributed by atoms with Gasteiger partial charge in [0.25, 0.3) is 0 Å². The number of thioether (sulfide) groups is 1. The zero-order chi connectivity index (χ0) is 13.0. The molecular weight excluding hydrogens is 244 g/mol. The van der Waals surface area contributed by atoms with Crippen LogP contribution in [0.5, 0.6) is 0 Å². The van der Waals surface area contributed by atoms with Gasteiger partial charge in [-0.3, -0.25) is 4.79 Å². The van der Waals surface area contributed by atoms with E-state index >= 15 is 0 Å². The average Bonchev–Trinajstić information content (AvgIpc) is 2.42. The van der Waals surface area contributed by atoms with Crippen LogP contribution in [-0.2, 0) is 4.79 Å². The van der Waals surface area contributed by atoms with Crippen LogP contribution in [0.3, 0.4) is 0 Å². The first-order chi connectivity index (χ1) is 8.72. The maximum Gasteiger partial charge on any atom is 0.244 e. The predicted molar refractivity (Wildman–Crippen MR) is 78.3 cm³/mol. The van der Waals surface area contributed by atoms with E-state index in [1.54, 1.807) is 0 Å². The summed E-state index contributed by atoms with van der Waals surface area (Å²) in [6.07, 6.45) is 0. The van der Waals surface area contributed by atoms with Crippen LogP contribution in [0.1, 0.15) is 12.5 Å². The SMILES string of the molecule is CCN(C(=O)C1CSCCN1)c1ccc(C)cc1. The van der Waals surface area contributed by atoms with Crippen LogP contribution in [0.2, 0.25) is 0 Å². The molecule has 1 N–H and O–H groups in total. The maximum absolute atomic E-state index is 12.5. The molecule has 1 aliphatic rings. The topological polar surface area (TPSA) is 32.3 Å². The Balaban J connectivity index is 2.12. The fourth-order valence-electron chi connectivity index (χ4n) is 2.10. The van der Waals surface area contributed by atoms with Crippen molar-refractivity contribution in [3.8, 4) is 0 Å². The highest BCUT2D eigenvalue weighted by atomic mass is 32.2. The van der Waals surface area contributed by atoms with Gasteiger partial charge < -0.3 is 10.2 Å². The summed E-state index contributed by atoms with van der Waals surface area (Å²) >= 11 is 1.85. The molecule has 1 aromatic carbocycles. The molecular formula is C14H20N2OS. The summed E-state index contributed by atoms with van der Waals surface area (Å²) in [6.45, 7) is 5.71. The molecule has 98 valence electrons. The zero-order valence-corrected chi connectivity index (χ0v) is 11.8. The number of likely N-dealkylation sites (N-methyl/N-ethyl adjacent to an activating group) is 1. The van der Waals surface area contributed by atoms with Gasteiger partial charge in [-0.1, -0.05) is 17.7 Å². The van der Waals surface area contributed by atoms with Gasteiger partial charge >= 0.3 is 0 Å². The van der Waals surface area contributed by atoms with E-state index in [0.717, 1.165) is 23.7 Å². The van der Waals surface area contributed by atoms with Crippen LogP contribution in [0.15, 0.2) is 24.3 Å². The van der Waals surface area contributed by atoms with Crippen LogP contribution in [0.25, 0.3) is 0 Å². The number of hydrogen-bond donors (Lipinski definition) is 1. The molecule has 1 saturated heterocycles. The molecule has 1 heterocycles. The van der Waals surface area contributed by atoms with Crippen LogP contribution < -0.4 is 10.2 Å². The van der Waals surface area contributed by atoms with Gasteiger partial charge in [0.2, 0.25) is 5.91 Å². The summed E-state index contributed by atoms with van der Waals surface area (Å²) in [6, 6.07) is 8.10. The van der Waals surface area contributed by atoms with Gasteiger partial charge in [0.1, 0.15) is 0 Å². The number of nitrogens with zero attached hydrogens (tertiary/aromatic N) is 1. The molecule has 0 aromatic heterocycles. The van der Waals surface area contributed by atoms with Crippen molar-refractivity contribution in [2.24, 2.45) is 0 Å². The minimum absolute atomic E-state index is 0.0370. The summed E-state index contributed by atoms with van der Waals surface area (Å²) < 4.78 is 0. The van der Waals surface area contributed by atoms with Crippen molar-refractivity contribution in [1.29, 1.82) is 0 Å². The molecule has 1 unspecified atom stereocenters. The van der Waals surface area contributed by atoms with Gasteiger partial charge in [0.05, 0.1) is 6.04 Å². The predicted octanol–water partition coefficient (Wildman–Crippen LogP) is 2.05. The lowest BCUT2D eigenvalue weighted by molar-refractivity contribution is -0.120. The van der Waals surface area contributed by atoms with Gasteiger partial charge in [-0.05, 0) is 26.0 Å². The lowest BCUT2D eigenvalue weighted by Gasteiger charge is -2.29. The smallest absolute Gasteiger partial charge is 0.244 e. The number of benzene rings is 1. The minimum Gasteiger partial charge on any atom is -0.311 e. The molecule has 0 bridgehead atoms. The van der Waals surface area contributed by atoms with Crippen molar-refractivity contribution in [2.45, 2.75) is 19.9 Å². The Bertz CT molecular complexity index is 399. The molecule has 1 aromatic rings. The second kappa shape index (κ2) is 6.25. The van der Waals surface area contributed by atoms with Gasteiger partial charge in [-0.15, -0.1) is 0 Å². The van der Waals surface area contributed by atoms with Crippen LogP contribution in [0.4, 0.5) is 5.69 Å². The monoisotopic (exact) mass is 264 g/mol. The normalized spacial score (nSPS) is 19.6. The summed E-state index contributed by atoms with van der Waals surface area (Å²) in [7, 11) is 0. The van der Waals surface area contributed by atoms with E-state index in [4.69, 9.17) is 0 Å². The Morgan fingerprint density at radius 2 is 2.17 bits per heavy atom. The molecule has 1 aliphatic heterocycles. The number of nitrogens with one attached hydrogen (secondary N) is 1. The first-order valence-corrected chi connectivity index (χ1v) is 7.57. The van der Waals surface area contributed by atoms with E-state index in [1.807, 2.05) is 47.9 Å². The summed E-state index contributed by atoms with van der Waals surface area (Å²) in [5.41, 5.74) is 2.21. The number of aryl methyl sites for hydroxylation is 1. The number of rotatable bonds is 3. The number of carbonyl (C=O) groups is 1. The lowest BCUT2D eigenvalue weighted by atomic mass is 10.2. The van der Waals surface area contributed by atoms with Crippen molar-refractivity contribution in [3.05, 3.63) is 29.8 Å². The molecule has 1 atom stereocenters. The van der Waals surface area contributed by atoms with Crippen LogP contribution in [0, 0.1) is 6.92 Å². The van der Waals surface area contributed by atoms with Crippen LogP contribution >= 0.6 is 11.8 Å². The maximum atomic E-state index is 12.5. The molecule has 0 radical (unpaired) electrons. The largest absolute Gasteiger partial charge is 0.311 e. The fraction of sp³-hybridized carbons (Fsp3) is 0.500. The summed E-state index contributed by atoms with van der Waals surface area (Å²) in [5, 5.41) is 3.30. The molecule has 4 heteroatoms. The highest BCUT2D eigenvalue weighted by Crippen LogP contribution is 2.18. The Kier molecular flexibility index (Phi) is 4.66. The van der Waals surface area contributed by atoms with Crippen molar-refractivity contribution in [1.82, 2.24) is 5.32 Å². The van der Waals surface area contributed by atoms with E-state index in [9.17, 15) is 4.79 Å².